The van der Waals surface area contributed by atoms with Crippen molar-refractivity contribution in [1.82, 2.24) is 24.6 Å². The molecule has 0 bridgehead atoms. The molecule has 5 heteroatoms. The normalized spacial score (nSPS) is 20.1. The number of nitrogens with zero attached hydrogens (tertiary/aromatic N) is 5. The van der Waals surface area contributed by atoms with Crippen molar-refractivity contribution in [3.05, 3.63) is 29.8 Å². The van der Waals surface area contributed by atoms with Gasteiger partial charge in [0.05, 0.1) is 17.4 Å². The predicted octanol–water partition coefficient (Wildman–Crippen LogP) is 1.95. The second-order valence-electron chi connectivity index (χ2n) is 5.23. The zero-order chi connectivity index (χ0) is 13.4. The highest BCUT2D eigenvalue weighted by Gasteiger charge is 2.25. The van der Waals surface area contributed by atoms with E-state index >= 15 is 0 Å². The van der Waals surface area contributed by atoms with Gasteiger partial charge in [-0.05, 0) is 45.5 Å². The Balaban J connectivity index is 2.03. The van der Waals surface area contributed by atoms with E-state index in [-0.39, 0.29) is 0 Å². The van der Waals surface area contributed by atoms with E-state index in [0.717, 1.165) is 35.9 Å². The Labute approximate surface area is 113 Å². The van der Waals surface area contributed by atoms with Crippen LogP contribution in [0, 0.1) is 6.92 Å². The van der Waals surface area contributed by atoms with Crippen molar-refractivity contribution in [1.29, 1.82) is 0 Å². The highest BCUT2D eigenvalue weighted by atomic mass is 15.3. The van der Waals surface area contributed by atoms with Gasteiger partial charge in [-0.25, -0.2) is 9.97 Å². The van der Waals surface area contributed by atoms with Crippen LogP contribution in [0.2, 0.25) is 0 Å². The molecule has 3 rings (SSSR count). The minimum absolute atomic E-state index is 0.354. The molecule has 0 N–H and O–H groups in total. The molecule has 2 aromatic rings. The fourth-order valence-electron chi connectivity index (χ4n) is 2.73. The van der Waals surface area contributed by atoms with Crippen molar-refractivity contribution in [2.24, 2.45) is 7.05 Å². The zero-order valence-corrected chi connectivity index (χ0v) is 11.7. The molecule has 19 heavy (non-hydrogen) atoms. The maximum Gasteiger partial charge on any atom is 0.146 e. The van der Waals surface area contributed by atoms with Gasteiger partial charge in [0.1, 0.15) is 5.82 Å². The van der Waals surface area contributed by atoms with Crippen LogP contribution in [0.3, 0.4) is 0 Å². The number of aryl methyl sites for hydroxylation is 2. The quantitative estimate of drug-likeness (QED) is 0.825. The summed E-state index contributed by atoms with van der Waals surface area (Å²) in [5.74, 6) is 0.941. The Kier molecular flexibility index (Phi) is 3.06. The van der Waals surface area contributed by atoms with Crippen LogP contribution < -0.4 is 0 Å². The van der Waals surface area contributed by atoms with E-state index < -0.39 is 0 Å². The first-order valence-corrected chi connectivity index (χ1v) is 6.69. The van der Waals surface area contributed by atoms with Crippen LogP contribution in [0.15, 0.2) is 18.3 Å². The summed E-state index contributed by atoms with van der Waals surface area (Å²) in [5, 5.41) is 4.21. The molecule has 100 valence electrons. The van der Waals surface area contributed by atoms with Gasteiger partial charge in [0, 0.05) is 18.9 Å². The number of aromatic nitrogens is 4. The summed E-state index contributed by atoms with van der Waals surface area (Å²) in [5.41, 5.74) is 3.01. The van der Waals surface area contributed by atoms with E-state index in [9.17, 15) is 0 Å². The van der Waals surface area contributed by atoms with Gasteiger partial charge in [-0.15, -0.1) is 0 Å². The predicted molar refractivity (Wildman–Crippen MR) is 73.6 cm³/mol. The third kappa shape index (κ3) is 2.26. The Hall–Kier alpha value is -1.75. The standard InChI is InChI=1S/C14H19N5/c1-10-9-11(12-6-7-15-19(12)3)17-14(16-10)13-5-4-8-18(13)2/h6-7,9,13H,4-5,8H2,1-3H3/t13-/m0/s1. The summed E-state index contributed by atoms with van der Waals surface area (Å²) in [4.78, 5) is 11.7. The maximum atomic E-state index is 4.76. The molecule has 1 aliphatic rings. The van der Waals surface area contributed by atoms with E-state index in [1.807, 2.05) is 30.8 Å². The highest BCUT2D eigenvalue weighted by molar-refractivity contribution is 5.54. The third-order valence-corrected chi connectivity index (χ3v) is 3.77. The molecule has 0 aliphatic carbocycles. The first kappa shape index (κ1) is 12.3. The topological polar surface area (TPSA) is 46.8 Å². The molecule has 3 heterocycles. The Morgan fingerprint density at radius 3 is 2.74 bits per heavy atom. The summed E-state index contributed by atoms with van der Waals surface area (Å²) < 4.78 is 1.85. The molecule has 0 spiro atoms. The lowest BCUT2D eigenvalue weighted by atomic mass is 10.2. The Morgan fingerprint density at radius 2 is 2.11 bits per heavy atom. The van der Waals surface area contributed by atoms with Crippen molar-refractivity contribution in [3.8, 4) is 11.4 Å². The zero-order valence-electron chi connectivity index (χ0n) is 11.7. The smallest absolute Gasteiger partial charge is 0.146 e. The monoisotopic (exact) mass is 257 g/mol. The second-order valence-corrected chi connectivity index (χ2v) is 5.23. The largest absolute Gasteiger partial charge is 0.296 e. The van der Waals surface area contributed by atoms with E-state index in [1.54, 1.807) is 6.20 Å². The summed E-state index contributed by atoms with van der Waals surface area (Å²) >= 11 is 0. The lowest BCUT2D eigenvalue weighted by Gasteiger charge is -2.18. The summed E-state index contributed by atoms with van der Waals surface area (Å²) in [7, 11) is 4.08. The van der Waals surface area contributed by atoms with Crippen LogP contribution in [-0.2, 0) is 7.05 Å². The third-order valence-electron chi connectivity index (χ3n) is 3.77. The van der Waals surface area contributed by atoms with Gasteiger partial charge < -0.3 is 0 Å². The molecule has 0 saturated carbocycles. The molecular weight excluding hydrogens is 238 g/mol. The molecule has 0 aromatic carbocycles. The molecule has 1 fully saturated rings. The molecule has 2 aromatic heterocycles. The minimum atomic E-state index is 0.354. The van der Waals surface area contributed by atoms with Crippen molar-refractivity contribution in [3.63, 3.8) is 0 Å². The van der Waals surface area contributed by atoms with Gasteiger partial charge in [0.15, 0.2) is 0 Å². The SMILES string of the molecule is Cc1cc(-c2ccnn2C)nc([C@@H]2CCCN2C)n1. The van der Waals surface area contributed by atoms with Gasteiger partial charge in [-0.1, -0.05) is 0 Å². The summed E-state index contributed by atoms with van der Waals surface area (Å²) in [6, 6.07) is 4.37. The van der Waals surface area contributed by atoms with Crippen molar-refractivity contribution in [2.75, 3.05) is 13.6 Å². The maximum absolute atomic E-state index is 4.76. The molecule has 0 unspecified atom stereocenters. The minimum Gasteiger partial charge on any atom is -0.296 e. The van der Waals surface area contributed by atoms with Gasteiger partial charge in [0.25, 0.3) is 0 Å². The molecule has 1 aliphatic heterocycles. The number of hydrogen-bond donors (Lipinski definition) is 0. The van der Waals surface area contributed by atoms with Crippen LogP contribution in [0.25, 0.3) is 11.4 Å². The molecular formula is C14H19N5. The van der Waals surface area contributed by atoms with E-state index in [0.29, 0.717) is 6.04 Å². The molecule has 5 nitrogen and oxygen atoms in total. The van der Waals surface area contributed by atoms with Gasteiger partial charge >= 0.3 is 0 Å². The summed E-state index contributed by atoms with van der Waals surface area (Å²) in [6.07, 6.45) is 4.17. The van der Waals surface area contributed by atoms with Crippen molar-refractivity contribution >= 4 is 0 Å². The van der Waals surface area contributed by atoms with Gasteiger partial charge in [0.2, 0.25) is 0 Å². The fourth-order valence-corrected chi connectivity index (χ4v) is 2.73. The lowest BCUT2D eigenvalue weighted by molar-refractivity contribution is 0.305. The first-order valence-electron chi connectivity index (χ1n) is 6.69. The number of likely N-dealkylation sites (tertiary alicyclic amines) is 1. The fraction of sp³-hybridized carbons (Fsp3) is 0.500. The Bertz CT molecular complexity index is 589. The van der Waals surface area contributed by atoms with Crippen LogP contribution in [0.5, 0.6) is 0 Å². The average Bonchev–Trinajstić information content (AvgIpc) is 2.97. The molecule has 0 radical (unpaired) electrons. The van der Waals surface area contributed by atoms with Crippen LogP contribution in [0.1, 0.15) is 30.4 Å². The molecule has 1 atom stereocenters. The van der Waals surface area contributed by atoms with E-state index in [4.69, 9.17) is 4.98 Å². The van der Waals surface area contributed by atoms with Crippen LogP contribution >= 0.6 is 0 Å². The van der Waals surface area contributed by atoms with Crippen LogP contribution in [0.4, 0.5) is 0 Å². The highest BCUT2D eigenvalue weighted by Crippen LogP contribution is 2.29. The number of hydrogen-bond acceptors (Lipinski definition) is 4. The second kappa shape index (κ2) is 4.74. The summed E-state index contributed by atoms with van der Waals surface area (Å²) in [6.45, 7) is 3.16. The van der Waals surface area contributed by atoms with Gasteiger partial charge in [-0.2, -0.15) is 5.10 Å². The molecule has 1 saturated heterocycles. The lowest BCUT2D eigenvalue weighted by Crippen LogP contribution is -2.20. The first-order chi connectivity index (χ1) is 9.15. The van der Waals surface area contributed by atoms with Gasteiger partial charge in [-0.3, -0.25) is 9.58 Å². The van der Waals surface area contributed by atoms with E-state index in [2.05, 4.69) is 22.0 Å². The number of rotatable bonds is 2. The molecule has 0 amide bonds. The van der Waals surface area contributed by atoms with Crippen molar-refractivity contribution < 1.29 is 0 Å². The Morgan fingerprint density at radius 1 is 1.26 bits per heavy atom. The van der Waals surface area contributed by atoms with Crippen molar-refractivity contribution in [2.45, 2.75) is 25.8 Å². The van der Waals surface area contributed by atoms with E-state index in [1.165, 1.54) is 6.42 Å². The van der Waals surface area contributed by atoms with Crippen LogP contribution in [-0.4, -0.2) is 38.2 Å². The average molecular weight is 257 g/mol.